The zero-order valence-corrected chi connectivity index (χ0v) is 10.0. The van der Waals surface area contributed by atoms with Gasteiger partial charge in [0.1, 0.15) is 12.6 Å². The molecule has 0 radical (unpaired) electrons. The molecule has 1 fully saturated rings. The number of morpholine rings is 1. The van der Waals surface area contributed by atoms with Crippen LogP contribution in [0.5, 0.6) is 0 Å². The van der Waals surface area contributed by atoms with Crippen molar-refractivity contribution in [3.05, 3.63) is 0 Å². The number of rotatable bonds is 5. The van der Waals surface area contributed by atoms with Crippen molar-refractivity contribution in [2.24, 2.45) is 0 Å². The lowest BCUT2D eigenvalue weighted by atomic mass is 10.1. The molecule has 106 valence electrons. The number of hydrogen-bond acceptors (Lipinski definition) is 4. The number of carbonyl (C=O) groups is 1. The Hall–Kier alpha value is -0.860. The minimum atomic E-state index is -4.34. The van der Waals surface area contributed by atoms with Gasteiger partial charge < -0.3 is 20.1 Å². The lowest BCUT2D eigenvalue weighted by molar-refractivity contribution is -0.173. The van der Waals surface area contributed by atoms with E-state index in [1.807, 2.05) is 0 Å². The highest BCUT2D eigenvalue weighted by atomic mass is 19.4. The third-order valence-corrected chi connectivity index (χ3v) is 2.41. The lowest BCUT2D eigenvalue weighted by Crippen LogP contribution is -2.55. The van der Waals surface area contributed by atoms with Crippen molar-refractivity contribution in [1.29, 1.82) is 0 Å². The molecule has 1 amide bonds. The molecular formula is C10H17F3N2O3. The summed E-state index contributed by atoms with van der Waals surface area (Å²) >= 11 is 0. The first-order chi connectivity index (χ1) is 8.40. The Morgan fingerprint density at radius 2 is 2.28 bits per heavy atom. The fourth-order valence-electron chi connectivity index (χ4n) is 1.57. The quantitative estimate of drug-likeness (QED) is 0.694. The molecule has 0 saturated carbocycles. The van der Waals surface area contributed by atoms with Crippen LogP contribution in [-0.4, -0.2) is 57.1 Å². The van der Waals surface area contributed by atoms with Gasteiger partial charge in [0.05, 0.1) is 19.3 Å². The normalized spacial score (nSPS) is 24.9. The first kappa shape index (κ1) is 15.2. The zero-order chi connectivity index (χ0) is 13.6. The third-order valence-electron chi connectivity index (χ3n) is 2.41. The van der Waals surface area contributed by atoms with E-state index in [1.54, 1.807) is 6.92 Å². The summed E-state index contributed by atoms with van der Waals surface area (Å²) in [7, 11) is 0. The number of carbonyl (C=O) groups excluding carboxylic acids is 1. The van der Waals surface area contributed by atoms with Crippen LogP contribution in [0.2, 0.25) is 0 Å². The van der Waals surface area contributed by atoms with Gasteiger partial charge in [-0.25, -0.2) is 0 Å². The molecule has 0 spiro atoms. The largest absolute Gasteiger partial charge is 0.411 e. The molecule has 0 bridgehead atoms. The molecule has 5 nitrogen and oxygen atoms in total. The van der Waals surface area contributed by atoms with Gasteiger partial charge in [-0.2, -0.15) is 13.2 Å². The molecule has 2 N–H and O–H groups in total. The molecular weight excluding hydrogens is 253 g/mol. The van der Waals surface area contributed by atoms with E-state index >= 15 is 0 Å². The summed E-state index contributed by atoms with van der Waals surface area (Å²) in [5.41, 5.74) is 0. The van der Waals surface area contributed by atoms with Crippen molar-refractivity contribution in [3.63, 3.8) is 0 Å². The number of ether oxygens (including phenoxy) is 2. The van der Waals surface area contributed by atoms with Crippen LogP contribution >= 0.6 is 0 Å². The Kier molecular flexibility index (Phi) is 5.83. The van der Waals surface area contributed by atoms with Gasteiger partial charge in [0.15, 0.2) is 0 Å². The van der Waals surface area contributed by atoms with E-state index in [2.05, 4.69) is 15.4 Å². The zero-order valence-electron chi connectivity index (χ0n) is 10.0. The lowest BCUT2D eigenvalue weighted by Gasteiger charge is -2.29. The molecule has 1 aliphatic heterocycles. The molecule has 0 aromatic carbocycles. The average molecular weight is 270 g/mol. The Bertz CT molecular complexity index is 274. The van der Waals surface area contributed by atoms with Gasteiger partial charge in [0.2, 0.25) is 5.91 Å². The SMILES string of the molecule is C[C@H]1OCCN[C@@H]1C(=O)NCCOCC(F)(F)F. The Labute approximate surface area is 103 Å². The predicted octanol–water partition coefficient (Wildman–Crippen LogP) is 0.0584. The second-order valence-corrected chi connectivity index (χ2v) is 3.97. The number of halogens is 3. The van der Waals surface area contributed by atoms with Crippen molar-refractivity contribution >= 4 is 5.91 Å². The Morgan fingerprint density at radius 1 is 1.56 bits per heavy atom. The summed E-state index contributed by atoms with van der Waals surface area (Å²) in [6.45, 7) is 1.44. The van der Waals surface area contributed by atoms with Crippen molar-refractivity contribution in [2.75, 3.05) is 32.9 Å². The van der Waals surface area contributed by atoms with Crippen LogP contribution in [-0.2, 0) is 14.3 Å². The number of amides is 1. The number of hydrogen-bond donors (Lipinski definition) is 2. The van der Waals surface area contributed by atoms with Crippen LogP contribution in [0.4, 0.5) is 13.2 Å². The average Bonchev–Trinajstić information content (AvgIpc) is 2.27. The van der Waals surface area contributed by atoms with Gasteiger partial charge in [-0.15, -0.1) is 0 Å². The Morgan fingerprint density at radius 3 is 2.89 bits per heavy atom. The summed E-state index contributed by atoms with van der Waals surface area (Å²) in [5, 5.41) is 5.47. The van der Waals surface area contributed by atoms with Gasteiger partial charge in [-0.05, 0) is 6.92 Å². The first-order valence-electron chi connectivity index (χ1n) is 5.67. The molecule has 1 rings (SSSR count). The van der Waals surface area contributed by atoms with Gasteiger partial charge in [-0.1, -0.05) is 0 Å². The molecule has 18 heavy (non-hydrogen) atoms. The van der Waals surface area contributed by atoms with Crippen molar-refractivity contribution in [2.45, 2.75) is 25.2 Å². The van der Waals surface area contributed by atoms with E-state index in [1.165, 1.54) is 0 Å². The fourth-order valence-corrected chi connectivity index (χ4v) is 1.57. The molecule has 1 saturated heterocycles. The minimum absolute atomic E-state index is 0.0415. The highest BCUT2D eigenvalue weighted by molar-refractivity contribution is 5.82. The summed E-state index contributed by atoms with van der Waals surface area (Å²) in [6.07, 6.45) is -4.59. The molecule has 1 heterocycles. The van der Waals surface area contributed by atoms with Crippen LogP contribution < -0.4 is 10.6 Å². The van der Waals surface area contributed by atoms with E-state index in [0.717, 1.165) is 0 Å². The second-order valence-electron chi connectivity index (χ2n) is 3.97. The first-order valence-corrected chi connectivity index (χ1v) is 5.67. The highest BCUT2D eigenvalue weighted by Crippen LogP contribution is 2.13. The van der Waals surface area contributed by atoms with E-state index < -0.39 is 18.8 Å². The molecule has 8 heteroatoms. The molecule has 1 aliphatic rings. The molecule has 0 unspecified atom stereocenters. The monoisotopic (exact) mass is 270 g/mol. The topological polar surface area (TPSA) is 59.6 Å². The molecule has 0 aromatic heterocycles. The van der Waals surface area contributed by atoms with Gasteiger partial charge in [0, 0.05) is 13.1 Å². The Balaban J connectivity index is 2.13. The van der Waals surface area contributed by atoms with E-state index in [4.69, 9.17) is 4.74 Å². The number of alkyl halides is 3. The van der Waals surface area contributed by atoms with Gasteiger partial charge in [0.25, 0.3) is 0 Å². The standard InChI is InChI=1S/C10H17F3N2O3/c1-7-8(14-3-5-18-7)9(16)15-2-4-17-6-10(11,12)13/h7-8,14H,2-6H2,1H3,(H,15,16)/t7-,8+/m1/s1. The van der Waals surface area contributed by atoms with E-state index in [9.17, 15) is 18.0 Å². The van der Waals surface area contributed by atoms with E-state index in [-0.39, 0.29) is 25.2 Å². The minimum Gasteiger partial charge on any atom is -0.375 e. The van der Waals surface area contributed by atoms with Gasteiger partial charge in [-0.3, -0.25) is 4.79 Å². The molecule has 0 aromatic rings. The van der Waals surface area contributed by atoms with Gasteiger partial charge >= 0.3 is 6.18 Å². The molecule has 2 atom stereocenters. The maximum atomic E-state index is 11.7. The summed E-state index contributed by atoms with van der Waals surface area (Å²) in [6, 6.07) is -0.471. The predicted molar refractivity (Wildman–Crippen MR) is 57.1 cm³/mol. The summed E-state index contributed by atoms with van der Waals surface area (Å²) < 4.78 is 44.9. The highest BCUT2D eigenvalue weighted by Gasteiger charge is 2.29. The van der Waals surface area contributed by atoms with Crippen LogP contribution in [0.3, 0.4) is 0 Å². The van der Waals surface area contributed by atoms with Crippen LogP contribution in [0.25, 0.3) is 0 Å². The van der Waals surface area contributed by atoms with E-state index in [0.29, 0.717) is 13.2 Å². The fraction of sp³-hybridized carbons (Fsp3) is 0.900. The van der Waals surface area contributed by atoms with Crippen LogP contribution in [0.1, 0.15) is 6.92 Å². The van der Waals surface area contributed by atoms with Crippen molar-refractivity contribution in [3.8, 4) is 0 Å². The van der Waals surface area contributed by atoms with Crippen LogP contribution in [0.15, 0.2) is 0 Å². The molecule has 0 aliphatic carbocycles. The second kappa shape index (κ2) is 6.91. The van der Waals surface area contributed by atoms with Crippen molar-refractivity contribution in [1.82, 2.24) is 10.6 Å². The van der Waals surface area contributed by atoms with Crippen LogP contribution in [0, 0.1) is 0 Å². The van der Waals surface area contributed by atoms with Crippen molar-refractivity contribution < 1.29 is 27.4 Å². The third kappa shape index (κ3) is 5.65. The smallest absolute Gasteiger partial charge is 0.375 e. The summed E-state index contributed by atoms with van der Waals surface area (Å²) in [5.74, 6) is -0.294. The maximum absolute atomic E-state index is 11.7. The number of nitrogens with one attached hydrogen (secondary N) is 2. The summed E-state index contributed by atoms with van der Waals surface area (Å²) in [4.78, 5) is 11.6. The maximum Gasteiger partial charge on any atom is 0.411 e.